The smallest absolute Gasteiger partial charge is 0.272 e. The second kappa shape index (κ2) is 16.4. The molecule has 0 saturated heterocycles. The fourth-order valence-corrected chi connectivity index (χ4v) is 6.98. The number of rotatable bonds is 11. The number of benzene rings is 5. The molecule has 6 rings (SSSR count). The molecule has 7 nitrogen and oxygen atoms in total. The highest BCUT2D eigenvalue weighted by Crippen LogP contribution is 2.37. The van der Waals surface area contributed by atoms with Gasteiger partial charge in [0.2, 0.25) is 5.91 Å². The number of anilines is 2. The number of carbonyl (C=O) groups is 3. The van der Waals surface area contributed by atoms with E-state index in [2.05, 4.69) is 36.9 Å². The summed E-state index contributed by atoms with van der Waals surface area (Å²) in [5.41, 5.74) is 3.91. The van der Waals surface area contributed by atoms with Crippen LogP contribution in [0.4, 0.5) is 15.2 Å². The Labute approximate surface area is 304 Å². The van der Waals surface area contributed by atoms with Crippen LogP contribution in [-0.2, 0) is 9.59 Å². The lowest BCUT2D eigenvalue weighted by atomic mass is 10.1. The number of thiazole rings is 1. The maximum atomic E-state index is 13.6. The van der Waals surface area contributed by atoms with Crippen LogP contribution in [0.2, 0.25) is 0 Å². The second-order valence-corrected chi connectivity index (χ2v) is 13.8. The van der Waals surface area contributed by atoms with E-state index in [1.807, 2.05) is 78.2 Å². The van der Waals surface area contributed by atoms with Crippen molar-refractivity contribution >= 4 is 73.6 Å². The summed E-state index contributed by atoms with van der Waals surface area (Å²) in [6.45, 7) is 0. The van der Waals surface area contributed by atoms with E-state index in [0.29, 0.717) is 22.1 Å². The van der Waals surface area contributed by atoms with E-state index in [-0.39, 0.29) is 17.4 Å². The molecular formula is C39H28BrFN4O3S2. The molecule has 6 aromatic rings. The van der Waals surface area contributed by atoms with Crippen molar-refractivity contribution in [3.8, 4) is 11.3 Å². The molecule has 50 heavy (non-hydrogen) atoms. The number of hydrogen-bond donors (Lipinski definition) is 3. The number of amides is 3. The summed E-state index contributed by atoms with van der Waals surface area (Å²) >= 11 is 6.09. The van der Waals surface area contributed by atoms with E-state index in [1.54, 1.807) is 54.6 Å². The Bertz CT molecular complexity index is 2140. The lowest BCUT2D eigenvalue weighted by Gasteiger charge is -2.17. The number of aromatic nitrogens is 1. The number of halogens is 2. The molecule has 3 amide bonds. The monoisotopic (exact) mass is 762 g/mol. The summed E-state index contributed by atoms with van der Waals surface area (Å²) in [4.78, 5) is 45.5. The Balaban J connectivity index is 1.17. The number of hydrogen-bond acceptors (Lipinski definition) is 6. The highest BCUT2D eigenvalue weighted by Gasteiger charge is 2.24. The van der Waals surface area contributed by atoms with Gasteiger partial charge < -0.3 is 16.0 Å². The van der Waals surface area contributed by atoms with Gasteiger partial charge in [0.05, 0.1) is 5.69 Å². The maximum Gasteiger partial charge on any atom is 0.272 e. The van der Waals surface area contributed by atoms with Crippen molar-refractivity contribution in [2.45, 2.75) is 10.1 Å². The van der Waals surface area contributed by atoms with Crippen LogP contribution in [0.25, 0.3) is 17.3 Å². The lowest BCUT2D eigenvalue weighted by Crippen LogP contribution is -2.30. The molecule has 0 radical (unpaired) electrons. The second-order valence-electron chi connectivity index (χ2n) is 10.9. The average Bonchev–Trinajstić information content (AvgIpc) is 3.60. The van der Waals surface area contributed by atoms with Crippen LogP contribution in [0, 0.1) is 5.82 Å². The number of nitrogens with one attached hydrogen (secondary N) is 3. The van der Waals surface area contributed by atoms with E-state index in [9.17, 15) is 18.8 Å². The van der Waals surface area contributed by atoms with Crippen molar-refractivity contribution in [2.75, 3.05) is 10.6 Å². The molecule has 1 unspecified atom stereocenters. The molecule has 5 aromatic carbocycles. The van der Waals surface area contributed by atoms with Crippen LogP contribution in [0.1, 0.15) is 26.7 Å². The number of carbonyl (C=O) groups excluding carboxylic acids is 3. The minimum atomic E-state index is -0.609. The predicted molar refractivity (Wildman–Crippen MR) is 202 cm³/mol. The van der Waals surface area contributed by atoms with Crippen LogP contribution >= 0.6 is 39.0 Å². The zero-order chi connectivity index (χ0) is 34.9. The summed E-state index contributed by atoms with van der Waals surface area (Å²) in [6, 6.07) is 38.6. The van der Waals surface area contributed by atoms with Crippen molar-refractivity contribution in [3.05, 3.63) is 172 Å². The largest absolute Gasteiger partial charge is 0.321 e. The van der Waals surface area contributed by atoms with E-state index in [4.69, 9.17) is 0 Å². The summed E-state index contributed by atoms with van der Waals surface area (Å²) < 4.78 is 14.2. The van der Waals surface area contributed by atoms with Crippen LogP contribution in [-0.4, -0.2) is 22.7 Å². The third-order valence-electron chi connectivity index (χ3n) is 7.27. The van der Waals surface area contributed by atoms with Gasteiger partial charge in [-0.2, -0.15) is 0 Å². The van der Waals surface area contributed by atoms with Gasteiger partial charge in [-0.15, -0.1) is 23.1 Å². The minimum absolute atomic E-state index is 0.0704. The Morgan fingerprint density at radius 1 is 0.800 bits per heavy atom. The fourth-order valence-electron chi connectivity index (χ4n) is 4.81. The van der Waals surface area contributed by atoms with Gasteiger partial charge in [-0.25, -0.2) is 9.37 Å². The van der Waals surface area contributed by atoms with Crippen molar-refractivity contribution < 1.29 is 18.8 Å². The minimum Gasteiger partial charge on any atom is -0.321 e. The molecular weight excluding hydrogens is 735 g/mol. The molecule has 0 fully saturated rings. The first kappa shape index (κ1) is 34.5. The predicted octanol–water partition coefficient (Wildman–Crippen LogP) is 9.59. The van der Waals surface area contributed by atoms with Gasteiger partial charge >= 0.3 is 0 Å². The van der Waals surface area contributed by atoms with Gasteiger partial charge in [-0.3, -0.25) is 14.4 Å². The molecule has 0 aliphatic rings. The number of nitrogens with zero attached hydrogens (tertiary/aromatic N) is 1. The molecule has 0 bridgehead atoms. The lowest BCUT2D eigenvalue weighted by molar-refractivity contribution is -0.116. The molecule has 1 heterocycles. The van der Waals surface area contributed by atoms with Crippen LogP contribution in [0.5, 0.6) is 0 Å². The Morgan fingerprint density at radius 3 is 2.20 bits per heavy atom. The molecule has 248 valence electrons. The maximum absolute atomic E-state index is 13.6. The summed E-state index contributed by atoms with van der Waals surface area (Å²) in [6.07, 6.45) is 1.61. The van der Waals surface area contributed by atoms with Gasteiger partial charge in [0, 0.05) is 31.6 Å². The van der Waals surface area contributed by atoms with Crippen molar-refractivity contribution in [3.63, 3.8) is 0 Å². The van der Waals surface area contributed by atoms with Crippen LogP contribution in [0.3, 0.4) is 0 Å². The van der Waals surface area contributed by atoms with Crippen molar-refractivity contribution in [2.24, 2.45) is 0 Å². The summed E-state index contributed by atoms with van der Waals surface area (Å²) in [5, 5.41) is 10.2. The highest BCUT2D eigenvalue weighted by atomic mass is 79.9. The van der Waals surface area contributed by atoms with E-state index in [1.165, 1.54) is 35.2 Å². The average molecular weight is 764 g/mol. The molecule has 1 aromatic heterocycles. The molecule has 11 heteroatoms. The van der Waals surface area contributed by atoms with Gasteiger partial charge in [-0.1, -0.05) is 76.6 Å². The molecule has 1 atom stereocenters. The molecule has 3 N–H and O–H groups in total. The third kappa shape index (κ3) is 9.20. The Hall–Kier alpha value is -5.36. The SMILES string of the molecule is O=C(Nc1ccc(SC(C(=O)Nc2nc(-c3ccc(F)cc3)cs2)c2ccccc2)cc1)/C(=C/c1cccc(Br)c1)NC(=O)c1ccccc1. The standard InChI is InChI=1S/C39H28BrFN4O3S2/c40-29-13-7-8-25(22-29)23-33(43-36(46)28-11-5-2-6-12-28)37(47)42-31-18-20-32(21-19-31)50-35(27-9-3-1-4-10-27)38(48)45-39-44-34(24-49-39)26-14-16-30(41)17-15-26/h1-24,35H,(H,42,47)(H,43,46)(H,44,45,48)/b33-23-. The zero-order valence-corrected chi connectivity index (χ0v) is 29.4. The Morgan fingerprint density at radius 2 is 1.50 bits per heavy atom. The molecule has 0 aliphatic heterocycles. The van der Waals surface area contributed by atoms with Crippen molar-refractivity contribution in [1.82, 2.24) is 10.3 Å². The fraction of sp³-hybridized carbons (Fsp3) is 0.0256. The number of thioether (sulfide) groups is 1. The van der Waals surface area contributed by atoms with E-state index in [0.717, 1.165) is 26.1 Å². The highest BCUT2D eigenvalue weighted by molar-refractivity contribution is 9.10. The first-order chi connectivity index (χ1) is 24.3. The van der Waals surface area contributed by atoms with Gasteiger partial charge in [0.25, 0.3) is 11.8 Å². The summed E-state index contributed by atoms with van der Waals surface area (Å²) in [5.74, 6) is -1.50. The van der Waals surface area contributed by atoms with Crippen LogP contribution < -0.4 is 16.0 Å². The van der Waals surface area contributed by atoms with Gasteiger partial charge in [0.1, 0.15) is 16.8 Å². The first-order valence-electron chi connectivity index (χ1n) is 15.3. The zero-order valence-electron chi connectivity index (χ0n) is 26.2. The molecule has 0 aliphatic carbocycles. The third-order valence-corrected chi connectivity index (χ3v) is 9.79. The van der Waals surface area contributed by atoms with Crippen molar-refractivity contribution in [1.29, 1.82) is 0 Å². The Kier molecular flexibility index (Phi) is 11.3. The first-order valence-corrected chi connectivity index (χ1v) is 17.8. The molecule has 0 spiro atoms. The molecule has 0 saturated carbocycles. The quantitative estimate of drug-likeness (QED) is 0.0902. The topological polar surface area (TPSA) is 100 Å². The van der Waals surface area contributed by atoms with Gasteiger partial charge in [0.15, 0.2) is 5.13 Å². The van der Waals surface area contributed by atoms with Crippen LogP contribution in [0.15, 0.2) is 154 Å². The summed E-state index contributed by atoms with van der Waals surface area (Å²) in [7, 11) is 0. The van der Waals surface area contributed by atoms with E-state index >= 15 is 0 Å². The van der Waals surface area contributed by atoms with E-state index < -0.39 is 17.1 Å². The normalized spacial score (nSPS) is 11.8. The van der Waals surface area contributed by atoms with Gasteiger partial charge in [-0.05, 0) is 90.0 Å².